The molecule has 0 saturated carbocycles. The predicted molar refractivity (Wildman–Crippen MR) is 124 cm³/mol. The normalized spacial score (nSPS) is 17.6. The van der Waals surface area contributed by atoms with Crippen LogP contribution in [0.2, 0.25) is 0 Å². The number of nitriles is 1. The molecule has 8 heteroatoms. The largest absolute Gasteiger partial charge is 0.316 e. The molecule has 0 fully saturated rings. The molecule has 0 saturated heterocycles. The topological polar surface area (TPSA) is 86.3 Å². The van der Waals surface area contributed by atoms with Crippen molar-refractivity contribution in [1.29, 1.82) is 5.26 Å². The van der Waals surface area contributed by atoms with Crippen molar-refractivity contribution in [2.75, 3.05) is 12.1 Å². The molecule has 0 bridgehead atoms. The Labute approximate surface area is 182 Å². The number of amidine groups is 1. The summed E-state index contributed by atoms with van der Waals surface area (Å²) in [5, 5.41) is 17.6. The van der Waals surface area contributed by atoms with Crippen LogP contribution in [0.3, 0.4) is 0 Å². The standard InChI is InChI=1S/C23H25N6OP/c1-16-10-8-13-20(17(16)2)27-31(30)21-18(3)26-29(15-9-14-24)23(21)25-22(28(31)4)19-11-6-5-7-12-19/h5-8,10-13H,9,15H2,1-4H3,(H,27,30). The Morgan fingerprint density at radius 1 is 1.10 bits per heavy atom. The molecule has 1 aliphatic rings. The van der Waals surface area contributed by atoms with Crippen LogP contribution in [-0.4, -0.2) is 27.3 Å². The molecule has 158 valence electrons. The number of aliphatic imine (C=N–C) groups is 1. The zero-order chi connectivity index (χ0) is 22.2. The first kappa shape index (κ1) is 20.9. The second kappa shape index (κ2) is 8.05. The molecule has 2 aromatic carbocycles. The number of nitrogens with one attached hydrogen (secondary N) is 1. The predicted octanol–water partition coefficient (Wildman–Crippen LogP) is 4.68. The van der Waals surface area contributed by atoms with Crippen molar-refractivity contribution in [3.63, 3.8) is 0 Å². The fourth-order valence-corrected chi connectivity index (χ4v) is 6.28. The van der Waals surface area contributed by atoms with Crippen LogP contribution in [0.1, 0.15) is 28.8 Å². The number of benzene rings is 2. The summed E-state index contributed by atoms with van der Waals surface area (Å²) in [4.78, 5) is 4.87. The molecular formula is C23H25N6OP. The second-order valence-corrected chi connectivity index (χ2v) is 10.1. The zero-order valence-corrected chi connectivity index (χ0v) is 19.0. The SMILES string of the molecule is Cc1cccc(NP2(=O)c3c(C)nn(CCC#N)c3N=C(c3ccccc3)N2C)c1C. The Morgan fingerprint density at radius 3 is 2.55 bits per heavy atom. The van der Waals surface area contributed by atoms with E-state index in [4.69, 9.17) is 10.3 Å². The molecular weight excluding hydrogens is 407 g/mol. The molecule has 1 aromatic heterocycles. The summed E-state index contributed by atoms with van der Waals surface area (Å²) in [6, 6.07) is 17.8. The van der Waals surface area contributed by atoms with Crippen molar-refractivity contribution in [1.82, 2.24) is 14.5 Å². The highest BCUT2D eigenvalue weighted by atomic mass is 31.2. The van der Waals surface area contributed by atoms with Crippen LogP contribution in [0.15, 0.2) is 53.5 Å². The Hall–Kier alpha value is -3.36. The molecule has 3 aromatic rings. The van der Waals surface area contributed by atoms with Gasteiger partial charge in [-0.25, -0.2) is 9.67 Å². The van der Waals surface area contributed by atoms with E-state index in [9.17, 15) is 4.57 Å². The highest BCUT2D eigenvalue weighted by molar-refractivity contribution is 7.72. The fourth-order valence-electron chi connectivity index (χ4n) is 3.80. The highest BCUT2D eigenvalue weighted by Crippen LogP contribution is 2.54. The van der Waals surface area contributed by atoms with Crippen LogP contribution in [0, 0.1) is 32.1 Å². The molecule has 0 amide bonds. The molecule has 1 N–H and O–H groups in total. The van der Waals surface area contributed by atoms with Crippen molar-refractivity contribution >= 4 is 30.1 Å². The van der Waals surface area contributed by atoms with E-state index in [1.807, 2.05) is 69.3 Å². The van der Waals surface area contributed by atoms with Crippen LogP contribution >= 0.6 is 7.44 Å². The van der Waals surface area contributed by atoms with Gasteiger partial charge in [-0.1, -0.05) is 42.5 Å². The second-order valence-electron chi connectivity index (χ2n) is 7.65. The van der Waals surface area contributed by atoms with Gasteiger partial charge in [0, 0.05) is 18.3 Å². The van der Waals surface area contributed by atoms with Gasteiger partial charge in [-0.2, -0.15) is 10.4 Å². The van der Waals surface area contributed by atoms with Crippen molar-refractivity contribution in [2.24, 2.45) is 4.99 Å². The van der Waals surface area contributed by atoms with E-state index in [2.05, 4.69) is 16.3 Å². The minimum absolute atomic E-state index is 0.300. The molecule has 2 heterocycles. The minimum atomic E-state index is -3.35. The zero-order valence-electron chi connectivity index (χ0n) is 18.1. The van der Waals surface area contributed by atoms with Crippen molar-refractivity contribution < 1.29 is 4.57 Å². The Bertz CT molecular complexity index is 1260. The maximum Gasteiger partial charge on any atom is 0.296 e. The van der Waals surface area contributed by atoms with Crippen molar-refractivity contribution in [3.05, 3.63) is 70.9 Å². The van der Waals surface area contributed by atoms with Crippen LogP contribution in [0.5, 0.6) is 0 Å². The first-order chi connectivity index (χ1) is 14.9. The number of anilines is 1. The molecule has 7 nitrogen and oxygen atoms in total. The first-order valence-corrected chi connectivity index (χ1v) is 11.8. The quantitative estimate of drug-likeness (QED) is 0.592. The molecule has 0 radical (unpaired) electrons. The van der Waals surface area contributed by atoms with Gasteiger partial charge in [-0.3, -0.25) is 9.24 Å². The molecule has 31 heavy (non-hydrogen) atoms. The fraction of sp³-hybridized carbons (Fsp3) is 0.261. The molecule has 0 aliphatic carbocycles. The molecule has 4 rings (SSSR count). The summed E-state index contributed by atoms with van der Waals surface area (Å²) in [5.41, 5.74) is 4.50. The van der Waals surface area contributed by atoms with Crippen LogP contribution in [0.25, 0.3) is 0 Å². The third-order valence-electron chi connectivity index (χ3n) is 5.66. The van der Waals surface area contributed by atoms with E-state index in [0.717, 1.165) is 22.4 Å². The molecule has 0 spiro atoms. The molecule has 1 atom stereocenters. The Morgan fingerprint density at radius 2 is 1.84 bits per heavy atom. The van der Waals surface area contributed by atoms with Gasteiger partial charge in [0.15, 0.2) is 5.82 Å². The summed E-state index contributed by atoms with van der Waals surface area (Å²) >= 11 is 0. The number of hydrogen-bond donors (Lipinski definition) is 1. The number of fused-ring (bicyclic) bond motifs is 1. The maximum absolute atomic E-state index is 14.7. The smallest absolute Gasteiger partial charge is 0.296 e. The number of aromatic nitrogens is 2. The van der Waals surface area contributed by atoms with Gasteiger partial charge >= 0.3 is 0 Å². The van der Waals surface area contributed by atoms with Gasteiger partial charge in [-0.05, 0) is 38.0 Å². The van der Waals surface area contributed by atoms with E-state index in [0.29, 0.717) is 35.6 Å². The van der Waals surface area contributed by atoms with E-state index in [-0.39, 0.29) is 0 Å². The average Bonchev–Trinajstić information content (AvgIpc) is 3.09. The highest BCUT2D eigenvalue weighted by Gasteiger charge is 2.43. The molecule has 1 aliphatic heterocycles. The van der Waals surface area contributed by atoms with Crippen LogP contribution < -0.4 is 10.4 Å². The van der Waals surface area contributed by atoms with E-state index in [1.165, 1.54) is 0 Å². The summed E-state index contributed by atoms with van der Waals surface area (Å²) in [6.07, 6.45) is 0.300. The minimum Gasteiger partial charge on any atom is -0.316 e. The third kappa shape index (κ3) is 3.54. The van der Waals surface area contributed by atoms with Gasteiger partial charge in [-0.15, -0.1) is 0 Å². The van der Waals surface area contributed by atoms with E-state index in [1.54, 1.807) is 16.4 Å². The van der Waals surface area contributed by atoms with Gasteiger partial charge in [0.05, 0.1) is 24.7 Å². The summed E-state index contributed by atoms with van der Waals surface area (Å²) in [7, 11) is -1.54. The average molecular weight is 432 g/mol. The number of aryl methyl sites for hydroxylation is 3. The summed E-state index contributed by atoms with van der Waals surface area (Å²) in [5.74, 6) is 1.15. The number of rotatable bonds is 5. The maximum atomic E-state index is 14.7. The Balaban J connectivity index is 1.93. The van der Waals surface area contributed by atoms with Crippen molar-refractivity contribution in [3.8, 4) is 6.07 Å². The lowest BCUT2D eigenvalue weighted by molar-refractivity contribution is 0.553. The van der Waals surface area contributed by atoms with Gasteiger partial charge in [0.2, 0.25) is 0 Å². The number of hydrogen-bond acceptors (Lipinski definition) is 4. The van der Waals surface area contributed by atoms with Crippen LogP contribution in [0.4, 0.5) is 11.5 Å². The van der Waals surface area contributed by atoms with E-state index >= 15 is 0 Å². The first-order valence-electron chi connectivity index (χ1n) is 10.1. The lowest BCUT2D eigenvalue weighted by Gasteiger charge is -2.35. The van der Waals surface area contributed by atoms with Gasteiger partial charge < -0.3 is 5.09 Å². The molecule has 1 unspecified atom stereocenters. The monoisotopic (exact) mass is 432 g/mol. The Kier molecular flexibility index (Phi) is 5.43. The lowest BCUT2D eigenvalue weighted by atomic mass is 10.1. The van der Waals surface area contributed by atoms with Gasteiger partial charge in [0.1, 0.15) is 11.1 Å². The number of nitrogens with zero attached hydrogens (tertiary/aromatic N) is 5. The van der Waals surface area contributed by atoms with Gasteiger partial charge in [0.25, 0.3) is 7.44 Å². The van der Waals surface area contributed by atoms with Crippen molar-refractivity contribution in [2.45, 2.75) is 33.7 Å². The lowest BCUT2D eigenvalue weighted by Crippen LogP contribution is -2.36. The third-order valence-corrected chi connectivity index (χ3v) is 8.37. The summed E-state index contributed by atoms with van der Waals surface area (Å²) in [6.45, 7) is 6.29. The van der Waals surface area contributed by atoms with E-state index < -0.39 is 7.44 Å². The van der Waals surface area contributed by atoms with Crippen LogP contribution in [-0.2, 0) is 11.1 Å². The summed E-state index contributed by atoms with van der Waals surface area (Å²) < 4.78 is 18.2.